The Bertz CT molecular complexity index is 767. The molecule has 1 aliphatic heterocycles. The first-order valence-electron chi connectivity index (χ1n) is 10.5. The number of aliphatic hydroxyl groups excluding tert-OH is 1. The van der Waals surface area contributed by atoms with Gasteiger partial charge < -0.3 is 14.6 Å². The number of aromatic nitrogens is 2. The zero-order valence-electron chi connectivity index (χ0n) is 17.3. The molecule has 1 saturated heterocycles. The Morgan fingerprint density at radius 3 is 2.40 bits per heavy atom. The van der Waals surface area contributed by atoms with Gasteiger partial charge in [0.15, 0.2) is 12.3 Å². The van der Waals surface area contributed by atoms with E-state index in [4.69, 9.17) is 14.0 Å². The third-order valence-corrected chi connectivity index (χ3v) is 5.53. The highest BCUT2D eigenvalue weighted by molar-refractivity contribution is 7.32. The molecule has 0 saturated carbocycles. The maximum absolute atomic E-state index is 12.2. The van der Waals surface area contributed by atoms with Gasteiger partial charge in [-0.15, -0.1) is 9.42 Å². The molecule has 1 aliphatic rings. The van der Waals surface area contributed by atoms with Crippen LogP contribution in [0.3, 0.4) is 0 Å². The molecular weight excluding hydrogens is 415 g/mol. The minimum absolute atomic E-state index is 0.345. The Morgan fingerprint density at radius 1 is 1.13 bits per heavy atom. The topological polar surface area (TPSA) is 140 Å². The number of hydrogen-bond acceptors (Lipinski definition) is 7. The average molecular weight is 447 g/mol. The highest BCUT2D eigenvalue weighted by Gasteiger charge is 2.51. The molecule has 2 rings (SSSR count). The summed E-state index contributed by atoms with van der Waals surface area (Å²) in [5.74, 6) is 0. The van der Waals surface area contributed by atoms with E-state index in [1.165, 1.54) is 38.3 Å². The average Bonchev–Trinajstić information content (AvgIpc) is 3.03. The Labute approximate surface area is 176 Å². The molecule has 170 valence electrons. The predicted octanol–water partition coefficient (Wildman–Crippen LogP) is 1.99. The van der Waals surface area contributed by atoms with Gasteiger partial charge in [0.05, 0.1) is 6.61 Å². The van der Waals surface area contributed by atoms with Crippen LogP contribution in [0.15, 0.2) is 21.9 Å². The van der Waals surface area contributed by atoms with E-state index in [1.807, 2.05) is 0 Å². The zero-order valence-corrected chi connectivity index (χ0v) is 18.2. The van der Waals surface area contributed by atoms with Crippen LogP contribution < -0.4 is 11.2 Å². The van der Waals surface area contributed by atoms with Crippen molar-refractivity contribution in [2.75, 3.05) is 13.2 Å². The van der Waals surface area contributed by atoms with Crippen LogP contribution in [0, 0.1) is 0 Å². The largest absolute Gasteiger partial charge is 0.695 e. The minimum Gasteiger partial charge on any atom is -0.394 e. The second kappa shape index (κ2) is 13.1. The third kappa shape index (κ3) is 7.37. The summed E-state index contributed by atoms with van der Waals surface area (Å²) in [5.41, 5.74) is -1.27. The number of H-pyrrole nitrogens is 1. The number of rotatable bonds is 14. The van der Waals surface area contributed by atoms with Crippen LogP contribution in [0.5, 0.6) is 0 Å². The van der Waals surface area contributed by atoms with E-state index in [-0.39, 0.29) is 0 Å². The smallest absolute Gasteiger partial charge is 0.394 e. The van der Waals surface area contributed by atoms with Crippen molar-refractivity contribution in [3.05, 3.63) is 33.1 Å². The fourth-order valence-electron chi connectivity index (χ4n) is 3.57. The highest BCUT2D eigenvalue weighted by atomic mass is 31.1. The van der Waals surface area contributed by atoms with Gasteiger partial charge in [0.25, 0.3) is 5.56 Å². The van der Waals surface area contributed by atoms with E-state index >= 15 is 0 Å². The maximum Gasteiger partial charge on any atom is 0.695 e. The first-order valence-corrected chi connectivity index (χ1v) is 11.6. The second-order valence-electron chi connectivity index (χ2n) is 7.38. The first kappa shape index (κ1) is 24.8. The summed E-state index contributed by atoms with van der Waals surface area (Å²) in [4.78, 5) is 34.9. The Kier molecular flexibility index (Phi) is 10.8. The van der Waals surface area contributed by atoms with E-state index in [9.17, 15) is 24.2 Å². The summed E-state index contributed by atoms with van der Waals surface area (Å²) >= 11 is 0. The van der Waals surface area contributed by atoms with E-state index in [0.29, 0.717) is 6.61 Å². The van der Waals surface area contributed by atoms with Crippen molar-refractivity contribution in [3.8, 4) is 0 Å². The lowest BCUT2D eigenvalue weighted by Crippen LogP contribution is -2.40. The third-order valence-electron chi connectivity index (χ3n) is 5.11. The quantitative estimate of drug-likeness (QED) is 0.291. The van der Waals surface area contributed by atoms with Gasteiger partial charge >= 0.3 is 13.9 Å². The van der Waals surface area contributed by atoms with Gasteiger partial charge in [-0.2, -0.15) is 0 Å². The normalized spacial score (nSPS) is 24.3. The predicted molar refractivity (Wildman–Crippen MR) is 109 cm³/mol. The Morgan fingerprint density at radius 2 is 1.80 bits per heavy atom. The van der Waals surface area contributed by atoms with Crippen LogP contribution >= 0.6 is 8.25 Å². The van der Waals surface area contributed by atoms with Gasteiger partial charge in [-0.05, 0) is 6.42 Å². The van der Waals surface area contributed by atoms with E-state index in [1.54, 1.807) is 0 Å². The van der Waals surface area contributed by atoms with Gasteiger partial charge in [-0.1, -0.05) is 51.9 Å². The van der Waals surface area contributed by atoms with Gasteiger partial charge in [0.1, 0.15) is 12.2 Å². The number of nitrogens with one attached hydrogen (secondary N) is 1. The van der Waals surface area contributed by atoms with Gasteiger partial charge in [-0.3, -0.25) is 14.3 Å². The zero-order chi connectivity index (χ0) is 21.9. The number of nitrogens with zero attached hydrogens (tertiary/aromatic N) is 1. The van der Waals surface area contributed by atoms with Crippen molar-refractivity contribution < 1.29 is 28.6 Å². The molecule has 2 unspecified atom stereocenters. The molecule has 0 radical (unpaired) electrons. The molecule has 11 heteroatoms. The summed E-state index contributed by atoms with van der Waals surface area (Å²) in [6.07, 6.45) is 6.32. The number of aliphatic hydroxyl groups is 1. The molecule has 0 bridgehead atoms. The molecule has 1 aromatic rings. The fourth-order valence-corrected chi connectivity index (χ4v) is 4.03. The molecule has 0 spiro atoms. The fraction of sp³-hybridized carbons (Fsp3) is 0.789. The molecule has 2 heterocycles. The number of unbranched alkanes of at least 4 members (excludes halogenated alkanes) is 7. The molecule has 10 nitrogen and oxygen atoms in total. The van der Waals surface area contributed by atoms with Gasteiger partial charge in [0, 0.05) is 23.4 Å². The molecule has 1 aromatic heterocycles. The monoisotopic (exact) mass is 447 g/mol. The van der Waals surface area contributed by atoms with Gasteiger partial charge in [-0.25, -0.2) is 4.79 Å². The molecule has 0 aromatic carbocycles. The van der Waals surface area contributed by atoms with Crippen molar-refractivity contribution in [2.45, 2.75) is 82.8 Å². The molecule has 30 heavy (non-hydrogen) atoms. The summed E-state index contributed by atoms with van der Waals surface area (Å²) < 4.78 is 29.0. The molecule has 0 amide bonds. The van der Waals surface area contributed by atoms with Crippen molar-refractivity contribution in [1.29, 1.82) is 0 Å². The van der Waals surface area contributed by atoms with Crippen molar-refractivity contribution in [2.24, 2.45) is 0 Å². The molecule has 5 atom stereocenters. The highest BCUT2D eigenvalue weighted by Crippen LogP contribution is 2.37. The van der Waals surface area contributed by atoms with Gasteiger partial charge in [0.2, 0.25) is 0 Å². The SMILES string of the molecule is CCCCCCCCCCOC1[C@@H](O[P+](=O)O)[C@@H](CO)O[C@H]1n1ccc(=O)[nH]c1=O. The summed E-state index contributed by atoms with van der Waals surface area (Å²) in [5, 5.41) is 9.59. The molecule has 1 fully saturated rings. The minimum atomic E-state index is -2.97. The lowest BCUT2D eigenvalue weighted by Gasteiger charge is -2.22. The van der Waals surface area contributed by atoms with E-state index in [0.717, 1.165) is 29.9 Å². The standard InChI is InChI=1S/C19H31N2O8P/c1-2-3-4-5-6-7-8-9-12-27-17-16(29-30(25)26)14(13-22)28-18(17)21-11-10-15(23)20-19(21)24/h10-11,14,16-18,22H,2-9,12-13H2,1H3,(H-,20,23,24,25,26)/p+1/t14-,16+,17?,18-/m1/s1. The van der Waals surface area contributed by atoms with Crippen LogP contribution in [0.4, 0.5) is 0 Å². The molecular formula is C19H32N2O8P+. The lowest BCUT2D eigenvalue weighted by atomic mass is 10.1. The van der Waals surface area contributed by atoms with Crippen LogP contribution in [-0.2, 0) is 18.6 Å². The molecule has 0 aliphatic carbocycles. The number of hydrogen-bond donors (Lipinski definition) is 3. The van der Waals surface area contributed by atoms with Crippen LogP contribution in [0.1, 0.15) is 64.5 Å². The van der Waals surface area contributed by atoms with E-state index < -0.39 is 50.7 Å². The van der Waals surface area contributed by atoms with Crippen LogP contribution in [0.2, 0.25) is 0 Å². The first-order chi connectivity index (χ1) is 14.5. The lowest BCUT2D eigenvalue weighted by molar-refractivity contribution is -0.0744. The maximum atomic E-state index is 12.2. The van der Waals surface area contributed by atoms with Crippen molar-refractivity contribution in [1.82, 2.24) is 9.55 Å². The Hall–Kier alpha value is -1.42. The van der Waals surface area contributed by atoms with Crippen molar-refractivity contribution >= 4 is 8.25 Å². The number of ether oxygens (including phenoxy) is 2. The van der Waals surface area contributed by atoms with Crippen molar-refractivity contribution in [3.63, 3.8) is 0 Å². The summed E-state index contributed by atoms with van der Waals surface area (Å²) in [6.45, 7) is 2.04. The Balaban J connectivity index is 1.99. The summed E-state index contributed by atoms with van der Waals surface area (Å²) in [6, 6.07) is 1.16. The van der Waals surface area contributed by atoms with Crippen LogP contribution in [0.25, 0.3) is 0 Å². The number of aromatic amines is 1. The van der Waals surface area contributed by atoms with Crippen LogP contribution in [-0.4, -0.2) is 51.1 Å². The summed E-state index contributed by atoms with van der Waals surface area (Å²) in [7, 11) is -2.97. The molecule has 3 N–H and O–H groups in total. The van der Waals surface area contributed by atoms with E-state index in [2.05, 4.69) is 11.9 Å². The second-order valence-corrected chi connectivity index (χ2v) is 8.07.